The average molecular weight is 286 g/mol. The molecule has 1 aromatic carbocycles. The fourth-order valence-corrected chi connectivity index (χ4v) is 1.77. The minimum Gasteiger partial charge on any atom is -0.346 e. The topological polar surface area (TPSA) is 72.9 Å². The van der Waals surface area contributed by atoms with E-state index in [0.717, 1.165) is 5.69 Å². The number of nitrogens with two attached hydrogens (primary N) is 1. The first-order valence-corrected chi connectivity index (χ1v) is 6.35. The van der Waals surface area contributed by atoms with Gasteiger partial charge in [0, 0.05) is 18.8 Å². The van der Waals surface area contributed by atoms with E-state index in [-0.39, 0.29) is 18.7 Å². The summed E-state index contributed by atoms with van der Waals surface area (Å²) in [5.74, 6) is 4.35. The number of amides is 1. The third-order valence-electron chi connectivity index (χ3n) is 2.90. The van der Waals surface area contributed by atoms with Crippen LogP contribution in [0.3, 0.4) is 0 Å². The van der Waals surface area contributed by atoms with E-state index >= 15 is 0 Å². The predicted octanol–water partition coefficient (Wildman–Crippen LogP) is 0.799. The summed E-state index contributed by atoms with van der Waals surface area (Å²) in [5, 5.41) is 6.65. The van der Waals surface area contributed by atoms with Gasteiger partial charge in [0.2, 0.25) is 0 Å². The van der Waals surface area contributed by atoms with Gasteiger partial charge in [-0.1, -0.05) is 11.8 Å². The van der Waals surface area contributed by atoms with Crippen molar-refractivity contribution < 1.29 is 9.18 Å². The number of carbonyl (C=O) groups excluding carboxylic acids is 1. The summed E-state index contributed by atoms with van der Waals surface area (Å²) in [6.07, 6.45) is 1.63. The van der Waals surface area contributed by atoms with Crippen LogP contribution < -0.4 is 11.1 Å². The first-order chi connectivity index (χ1) is 10.1. The highest BCUT2D eigenvalue weighted by molar-refractivity contribution is 5.94. The van der Waals surface area contributed by atoms with Crippen molar-refractivity contribution >= 4 is 5.91 Å². The zero-order valence-electron chi connectivity index (χ0n) is 11.6. The highest BCUT2D eigenvalue weighted by Crippen LogP contribution is 2.10. The Labute approximate surface area is 122 Å². The molecule has 0 fully saturated rings. The minimum atomic E-state index is -0.587. The molecule has 2 rings (SSSR count). The van der Waals surface area contributed by atoms with Crippen LogP contribution in [0.5, 0.6) is 0 Å². The van der Waals surface area contributed by atoms with Gasteiger partial charge in [-0.2, -0.15) is 5.10 Å². The van der Waals surface area contributed by atoms with Gasteiger partial charge in [-0.05, 0) is 24.3 Å². The van der Waals surface area contributed by atoms with Gasteiger partial charge >= 0.3 is 0 Å². The highest BCUT2D eigenvalue weighted by atomic mass is 19.1. The summed E-state index contributed by atoms with van der Waals surface area (Å²) in [6.45, 7) is 0.479. The molecule has 0 unspecified atom stereocenters. The Bertz CT molecular complexity index is 712. The maximum atomic E-state index is 13.7. The second-order valence-electron chi connectivity index (χ2n) is 4.33. The monoisotopic (exact) mass is 286 g/mol. The van der Waals surface area contributed by atoms with Gasteiger partial charge in [0.1, 0.15) is 5.82 Å². The summed E-state index contributed by atoms with van der Waals surface area (Å²) < 4.78 is 15.4. The molecule has 5 nitrogen and oxygen atoms in total. The molecule has 0 radical (unpaired) electrons. The molecule has 1 amide bonds. The summed E-state index contributed by atoms with van der Waals surface area (Å²) in [5.41, 5.74) is 6.61. The van der Waals surface area contributed by atoms with Crippen LogP contribution in [0.25, 0.3) is 0 Å². The van der Waals surface area contributed by atoms with Gasteiger partial charge in [-0.25, -0.2) is 4.39 Å². The molecule has 0 aliphatic heterocycles. The van der Waals surface area contributed by atoms with Gasteiger partial charge in [-0.3, -0.25) is 9.48 Å². The first-order valence-electron chi connectivity index (χ1n) is 6.35. The standard InChI is InChI=1S/C15H15FN4O/c1-20-12(6-8-19-20)10-18-15(21)13-9-11(3-2-7-17)4-5-14(13)16/h4-6,8-9H,7,10,17H2,1H3,(H,18,21). The summed E-state index contributed by atoms with van der Waals surface area (Å²) in [6, 6.07) is 5.92. The third-order valence-corrected chi connectivity index (χ3v) is 2.90. The summed E-state index contributed by atoms with van der Waals surface area (Å²) >= 11 is 0. The molecule has 0 spiro atoms. The van der Waals surface area contributed by atoms with Crippen molar-refractivity contribution in [3.63, 3.8) is 0 Å². The molecule has 0 saturated heterocycles. The number of nitrogens with zero attached hydrogens (tertiary/aromatic N) is 2. The Hall–Kier alpha value is -2.65. The zero-order chi connectivity index (χ0) is 15.2. The molecule has 0 aliphatic carbocycles. The van der Waals surface area contributed by atoms with E-state index in [9.17, 15) is 9.18 Å². The second-order valence-corrected chi connectivity index (χ2v) is 4.33. The van der Waals surface area contributed by atoms with Gasteiger partial charge < -0.3 is 11.1 Å². The Morgan fingerprint density at radius 1 is 1.48 bits per heavy atom. The minimum absolute atomic E-state index is 0.0408. The Morgan fingerprint density at radius 3 is 2.95 bits per heavy atom. The highest BCUT2D eigenvalue weighted by Gasteiger charge is 2.12. The molecule has 108 valence electrons. The number of hydrogen-bond acceptors (Lipinski definition) is 3. The molecule has 0 saturated carbocycles. The molecule has 0 aliphatic rings. The number of benzene rings is 1. The van der Waals surface area contributed by atoms with Crippen LogP contribution in [-0.4, -0.2) is 22.2 Å². The van der Waals surface area contributed by atoms with Crippen molar-refractivity contribution in [3.8, 4) is 11.8 Å². The lowest BCUT2D eigenvalue weighted by molar-refractivity contribution is 0.0946. The molecule has 3 N–H and O–H groups in total. The molecule has 0 atom stereocenters. The van der Waals surface area contributed by atoms with Crippen LogP contribution in [0.15, 0.2) is 30.5 Å². The van der Waals surface area contributed by atoms with Crippen molar-refractivity contribution in [2.24, 2.45) is 12.8 Å². The van der Waals surface area contributed by atoms with Crippen LogP contribution >= 0.6 is 0 Å². The van der Waals surface area contributed by atoms with Crippen molar-refractivity contribution in [2.45, 2.75) is 6.54 Å². The zero-order valence-corrected chi connectivity index (χ0v) is 11.6. The fourth-order valence-electron chi connectivity index (χ4n) is 1.77. The van der Waals surface area contributed by atoms with Gasteiger partial charge in [0.05, 0.1) is 24.3 Å². The van der Waals surface area contributed by atoms with Gasteiger partial charge in [0.25, 0.3) is 5.91 Å². The van der Waals surface area contributed by atoms with Crippen LogP contribution in [-0.2, 0) is 13.6 Å². The van der Waals surface area contributed by atoms with Gasteiger partial charge in [-0.15, -0.1) is 0 Å². The third kappa shape index (κ3) is 3.68. The van der Waals surface area contributed by atoms with E-state index < -0.39 is 11.7 Å². The van der Waals surface area contributed by atoms with Crippen molar-refractivity contribution in [1.29, 1.82) is 0 Å². The van der Waals surface area contributed by atoms with Crippen LogP contribution in [0, 0.1) is 17.7 Å². The predicted molar refractivity (Wildman–Crippen MR) is 76.7 cm³/mol. The average Bonchev–Trinajstić information content (AvgIpc) is 2.89. The molecular formula is C15H15FN4O. The van der Waals surface area contributed by atoms with E-state index in [1.165, 1.54) is 18.2 Å². The lowest BCUT2D eigenvalue weighted by Crippen LogP contribution is -2.25. The van der Waals surface area contributed by atoms with Crippen LogP contribution in [0.1, 0.15) is 21.6 Å². The maximum absolute atomic E-state index is 13.7. The van der Waals surface area contributed by atoms with Crippen molar-refractivity contribution in [1.82, 2.24) is 15.1 Å². The number of rotatable bonds is 3. The Kier molecular flexibility index (Phi) is 4.69. The van der Waals surface area contributed by atoms with Crippen LogP contribution in [0.2, 0.25) is 0 Å². The summed E-state index contributed by atoms with van der Waals surface area (Å²) in [7, 11) is 1.77. The van der Waals surface area contributed by atoms with Crippen molar-refractivity contribution in [3.05, 3.63) is 53.1 Å². The van der Waals surface area contributed by atoms with Crippen molar-refractivity contribution in [2.75, 3.05) is 6.54 Å². The smallest absolute Gasteiger partial charge is 0.254 e. The molecule has 0 bridgehead atoms. The quantitative estimate of drug-likeness (QED) is 0.820. The van der Waals surface area contributed by atoms with E-state index in [2.05, 4.69) is 22.3 Å². The maximum Gasteiger partial charge on any atom is 0.254 e. The lowest BCUT2D eigenvalue weighted by Gasteiger charge is -2.07. The molecule has 1 aromatic heterocycles. The number of nitrogens with one attached hydrogen (secondary N) is 1. The van der Waals surface area contributed by atoms with Crippen LogP contribution in [0.4, 0.5) is 4.39 Å². The van der Waals surface area contributed by atoms with E-state index in [1.807, 2.05) is 0 Å². The molecular weight excluding hydrogens is 271 g/mol. The molecule has 2 aromatic rings. The van der Waals surface area contributed by atoms with E-state index in [4.69, 9.17) is 5.73 Å². The SMILES string of the molecule is Cn1nccc1CNC(=O)c1cc(C#CCN)ccc1F. The summed E-state index contributed by atoms with van der Waals surface area (Å²) in [4.78, 5) is 12.0. The second kappa shape index (κ2) is 6.68. The number of aryl methyl sites for hydroxylation is 1. The van der Waals surface area contributed by atoms with E-state index in [0.29, 0.717) is 5.56 Å². The van der Waals surface area contributed by atoms with E-state index in [1.54, 1.807) is 24.0 Å². The Morgan fingerprint density at radius 2 is 2.29 bits per heavy atom. The lowest BCUT2D eigenvalue weighted by atomic mass is 10.1. The molecule has 6 heteroatoms. The number of carbonyl (C=O) groups is 1. The number of aromatic nitrogens is 2. The largest absolute Gasteiger partial charge is 0.346 e. The number of hydrogen-bond donors (Lipinski definition) is 2. The molecule has 21 heavy (non-hydrogen) atoms. The normalized spacial score (nSPS) is 9.86. The molecule has 1 heterocycles. The number of halogens is 1. The first kappa shape index (κ1) is 14.8. The fraction of sp³-hybridized carbons (Fsp3) is 0.200. The Balaban J connectivity index is 2.13. The van der Waals surface area contributed by atoms with Gasteiger partial charge in [0.15, 0.2) is 0 Å².